The van der Waals surface area contributed by atoms with E-state index in [1.54, 1.807) is 36.4 Å². The average molecular weight is 502 g/mol. The van der Waals surface area contributed by atoms with Gasteiger partial charge in [-0.3, -0.25) is 4.79 Å². The average Bonchev–Trinajstić information content (AvgIpc) is 3.16. The van der Waals surface area contributed by atoms with E-state index in [-0.39, 0.29) is 25.4 Å². The summed E-state index contributed by atoms with van der Waals surface area (Å²) in [4.78, 5) is 39.5. The van der Waals surface area contributed by atoms with Crippen molar-refractivity contribution in [2.24, 2.45) is 5.92 Å². The maximum Gasteiger partial charge on any atom is 0.336 e. The number of fused-ring (bicyclic) bond motifs is 1. The number of ether oxygens (including phenoxy) is 2. The molecule has 2 fully saturated rings. The molecule has 0 N–H and O–H groups in total. The van der Waals surface area contributed by atoms with E-state index in [4.69, 9.17) is 16.3 Å². The van der Waals surface area contributed by atoms with Gasteiger partial charge < -0.3 is 18.9 Å². The number of carbonyl (C=O) groups excluding carboxylic acids is 3. The summed E-state index contributed by atoms with van der Waals surface area (Å²) in [7, 11) is 1.27. The van der Waals surface area contributed by atoms with E-state index in [2.05, 4.69) is 4.74 Å². The Bertz CT molecular complexity index is 1080. The molecule has 0 aliphatic carbocycles. The van der Waals surface area contributed by atoms with E-state index in [9.17, 15) is 18.9 Å². The summed E-state index contributed by atoms with van der Waals surface area (Å²) in [5.74, 6) is -1.97. The van der Waals surface area contributed by atoms with Crippen LogP contribution < -0.4 is 0 Å². The van der Waals surface area contributed by atoms with Crippen LogP contribution in [0.4, 0.5) is 0 Å². The van der Waals surface area contributed by atoms with Gasteiger partial charge >= 0.3 is 11.9 Å². The molecule has 178 valence electrons. The number of halogens is 1. The summed E-state index contributed by atoms with van der Waals surface area (Å²) in [6.45, 7) is 0.0130. The Morgan fingerprint density at radius 3 is 2.47 bits per heavy atom. The van der Waals surface area contributed by atoms with Crippen LogP contribution in [0.1, 0.15) is 18.4 Å². The van der Waals surface area contributed by atoms with Crippen molar-refractivity contribution in [3.8, 4) is 0 Å². The van der Waals surface area contributed by atoms with Crippen molar-refractivity contribution < 1.29 is 28.4 Å². The van der Waals surface area contributed by atoms with Crippen LogP contribution in [0, 0.1) is 5.92 Å². The van der Waals surface area contributed by atoms with Crippen LogP contribution in [-0.2, 0) is 41.6 Å². The lowest BCUT2D eigenvalue weighted by Crippen LogP contribution is -2.63. The zero-order valence-electron chi connectivity index (χ0n) is 18.5. The molecule has 4 rings (SSSR count). The SMILES string of the molecule is COC(=O)/C=C/CC1C(=O)N2C1CC(Cl)([S+]([O-])c1ccccc1)C2C(=O)OCc1ccccc1. The number of hydrogen-bond donors (Lipinski definition) is 0. The molecule has 2 aromatic carbocycles. The lowest BCUT2D eigenvalue weighted by Gasteiger charge is -2.44. The van der Waals surface area contributed by atoms with Crippen LogP contribution in [-0.4, -0.2) is 50.7 Å². The van der Waals surface area contributed by atoms with Gasteiger partial charge in [-0.25, -0.2) is 9.59 Å². The lowest BCUT2D eigenvalue weighted by molar-refractivity contribution is -0.167. The van der Waals surface area contributed by atoms with Crippen LogP contribution in [0.5, 0.6) is 0 Å². The van der Waals surface area contributed by atoms with Crippen molar-refractivity contribution in [2.75, 3.05) is 7.11 Å². The second kappa shape index (κ2) is 10.2. The third-order valence-electron chi connectivity index (χ3n) is 6.13. The highest BCUT2D eigenvalue weighted by atomic mass is 35.5. The first-order chi connectivity index (χ1) is 16.4. The van der Waals surface area contributed by atoms with Crippen molar-refractivity contribution in [3.63, 3.8) is 0 Å². The van der Waals surface area contributed by atoms with Gasteiger partial charge in [0.1, 0.15) is 6.61 Å². The van der Waals surface area contributed by atoms with Crippen LogP contribution in [0.2, 0.25) is 0 Å². The number of nitrogens with zero attached hydrogens (tertiary/aromatic N) is 1. The van der Waals surface area contributed by atoms with E-state index in [0.717, 1.165) is 5.56 Å². The Morgan fingerprint density at radius 2 is 1.82 bits per heavy atom. The fraction of sp³-hybridized carbons (Fsp3) is 0.320. The maximum absolute atomic E-state index is 13.6. The van der Waals surface area contributed by atoms with Gasteiger partial charge in [0.05, 0.1) is 19.1 Å². The molecule has 0 saturated carbocycles. The minimum atomic E-state index is -1.79. The molecule has 5 atom stereocenters. The van der Waals surface area contributed by atoms with Crippen molar-refractivity contribution in [1.82, 2.24) is 4.90 Å². The Hall–Kier alpha value is -2.81. The first kappa shape index (κ1) is 24.3. The Balaban J connectivity index is 1.58. The Kier molecular flexibility index (Phi) is 7.30. The standard InChI is InChI=1S/C25H24ClNO6S/c1-32-21(28)14-8-13-19-20-15-25(26,34(31)18-11-6-3-7-12-18)22(27(20)23(19)29)24(30)33-16-17-9-4-2-5-10-17/h2-12,14,19-20,22H,13,15-16H2,1H3/b14-8+. The maximum atomic E-state index is 13.6. The van der Waals surface area contributed by atoms with Crippen molar-refractivity contribution >= 4 is 40.6 Å². The molecule has 0 spiro atoms. The van der Waals surface area contributed by atoms with E-state index >= 15 is 0 Å². The van der Waals surface area contributed by atoms with Gasteiger partial charge in [-0.2, -0.15) is 0 Å². The first-order valence-corrected chi connectivity index (χ1v) is 12.3. The molecule has 2 aromatic rings. The van der Waals surface area contributed by atoms with E-state index in [1.165, 1.54) is 18.1 Å². The highest BCUT2D eigenvalue weighted by Crippen LogP contribution is 2.53. The predicted molar refractivity (Wildman–Crippen MR) is 126 cm³/mol. The normalized spacial score (nSPS) is 26.6. The summed E-state index contributed by atoms with van der Waals surface area (Å²) in [6, 6.07) is 16.2. The topological polar surface area (TPSA) is 96.0 Å². The second-order valence-electron chi connectivity index (χ2n) is 8.15. The van der Waals surface area contributed by atoms with E-state index < -0.39 is 45.3 Å². The van der Waals surface area contributed by atoms with Crippen molar-refractivity contribution in [3.05, 3.63) is 78.4 Å². The molecule has 2 saturated heterocycles. The Labute approximate surface area is 205 Å². The highest BCUT2D eigenvalue weighted by molar-refractivity contribution is 7.94. The molecule has 2 aliphatic heterocycles. The summed E-state index contributed by atoms with van der Waals surface area (Å²) in [5, 5.41) is 0. The minimum Gasteiger partial charge on any atom is -0.610 e. The number of hydrogen-bond acceptors (Lipinski definition) is 6. The number of esters is 2. The van der Waals surface area contributed by atoms with Crippen molar-refractivity contribution in [1.29, 1.82) is 0 Å². The highest BCUT2D eigenvalue weighted by Gasteiger charge is 2.71. The third-order valence-corrected chi connectivity index (χ3v) is 8.61. The van der Waals surface area contributed by atoms with Gasteiger partial charge in [0, 0.05) is 23.7 Å². The Morgan fingerprint density at radius 1 is 1.18 bits per heavy atom. The number of alkyl halides is 1. The lowest BCUT2D eigenvalue weighted by atomic mass is 9.85. The first-order valence-electron chi connectivity index (χ1n) is 10.8. The molecular weight excluding hydrogens is 478 g/mol. The predicted octanol–water partition coefficient (Wildman–Crippen LogP) is 3.19. The van der Waals surface area contributed by atoms with E-state index in [0.29, 0.717) is 4.90 Å². The van der Waals surface area contributed by atoms with Gasteiger partial charge in [0.25, 0.3) is 0 Å². The summed E-state index contributed by atoms with van der Waals surface area (Å²) >= 11 is 5.19. The molecule has 2 heterocycles. The zero-order chi connectivity index (χ0) is 24.3. The van der Waals surface area contributed by atoms with E-state index in [1.807, 2.05) is 30.3 Å². The van der Waals surface area contributed by atoms with Crippen LogP contribution >= 0.6 is 11.6 Å². The summed E-state index contributed by atoms with van der Waals surface area (Å²) in [5.41, 5.74) is 0.788. The molecule has 0 bridgehead atoms. The quantitative estimate of drug-likeness (QED) is 0.181. The monoisotopic (exact) mass is 501 g/mol. The van der Waals surface area contributed by atoms with Gasteiger partial charge in [-0.15, -0.1) is 0 Å². The van der Waals surface area contributed by atoms with Gasteiger partial charge in [-0.05, 0) is 24.1 Å². The van der Waals surface area contributed by atoms with Crippen LogP contribution in [0.15, 0.2) is 77.7 Å². The number of carbonyl (C=O) groups is 3. The minimum absolute atomic E-state index is 0.0130. The molecule has 34 heavy (non-hydrogen) atoms. The zero-order valence-corrected chi connectivity index (χ0v) is 20.0. The van der Waals surface area contributed by atoms with Crippen LogP contribution in [0.25, 0.3) is 0 Å². The fourth-order valence-corrected chi connectivity index (χ4v) is 6.60. The molecule has 9 heteroatoms. The molecular formula is C25H24ClNO6S. The van der Waals surface area contributed by atoms with Crippen LogP contribution in [0.3, 0.4) is 0 Å². The largest absolute Gasteiger partial charge is 0.610 e. The van der Waals surface area contributed by atoms with Gasteiger partial charge in [0.15, 0.2) is 10.9 Å². The van der Waals surface area contributed by atoms with Gasteiger partial charge in [0.2, 0.25) is 10.1 Å². The number of allylic oxidation sites excluding steroid dienone is 1. The fourth-order valence-electron chi connectivity index (χ4n) is 4.45. The number of rotatable bonds is 8. The molecule has 0 aromatic heterocycles. The molecule has 7 nitrogen and oxygen atoms in total. The second-order valence-corrected chi connectivity index (χ2v) is 10.8. The third kappa shape index (κ3) is 4.58. The smallest absolute Gasteiger partial charge is 0.336 e. The molecule has 0 radical (unpaired) electrons. The summed E-state index contributed by atoms with van der Waals surface area (Å²) < 4.78 is 22.2. The summed E-state index contributed by atoms with van der Waals surface area (Å²) in [6.07, 6.45) is 3.26. The number of methoxy groups -OCH3 is 1. The molecule has 1 amide bonds. The van der Waals surface area contributed by atoms with Gasteiger partial charge in [-0.1, -0.05) is 66.2 Å². The molecule has 5 unspecified atom stereocenters. The number of benzene rings is 2. The number of amides is 1. The number of β-lactam (4-membered cyclic amide) rings is 1. The van der Waals surface area contributed by atoms with Crippen molar-refractivity contribution in [2.45, 2.75) is 40.6 Å². The molecule has 2 aliphatic rings.